The molecule has 0 radical (unpaired) electrons. The van der Waals surface area contributed by atoms with Gasteiger partial charge >= 0.3 is 0 Å². The van der Waals surface area contributed by atoms with E-state index in [-0.39, 0.29) is 6.54 Å². The molecule has 1 amide bonds. The van der Waals surface area contributed by atoms with E-state index >= 15 is 0 Å². The molecule has 10 nitrogen and oxygen atoms in total. The van der Waals surface area contributed by atoms with Crippen molar-refractivity contribution in [3.05, 3.63) is 48.0 Å². The van der Waals surface area contributed by atoms with Gasteiger partial charge in [0.05, 0.1) is 27.5 Å². The molecular formula is C19H20N6O4. The van der Waals surface area contributed by atoms with Crippen LogP contribution in [-0.2, 0) is 11.3 Å². The van der Waals surface area contributed by atoms with Crippen LogP contribution in [0.1, 0.15) is 5.56 Å². The molecule has 0 aliphatic heterocycles. The van der Waals surface area contributed by atoms with E-state index in [4.69, 9.17) is 14.2 Å². The van der Waals surface area contributed by atoms with Crippen molar-refractivity contribution >= 4 is 12.1 Å². The van der Waals surface area contributed by atoms with Crippen LogP contribution in [0.25, 0.3) is 11.4 Å². The Morgan fingerprint density at radius 2 is 1.79 bits per heavy atom. The zero-order valence-corrected chi connectivity index (χ0v) is 16.2. The summed E-state index contributed by atoms with van der Waals surface area (Å²) in [5, 5.41) is 16.0. The highest BCUT2D eigenvalue weighted by Crippen LogP contribution is 2.37. The van der Waals surface area contributed by atoms with Gasteiger partial charge < -0.3 is 14.2 Å². The van der Waals surface area contributed by atoms with Crippen LogP contribution in [0, 0.1) is 0 Å². The molecule has 0 bridgehead atoms. The number of hydrogen-bond donors (Lipinski definition) is 1. The number of carbonyl (C=O) groups is 1. The van der Waals surface area contributed by atoms with Crippen LogP contribution in [0.2, 0.25) is 0 Å². The molecule has 0 atom stereocenters. The monoisotopic (exact) mass is 396 g/mol. The zero-order chi connectivity index (χ0) is 20.6. The van der Waals surface area contributed by atoms with Crippen molar-refractivity contribution in [3.63, 3.8) is 0 Å². The first-order valence-corrected chi connectivity index (χ1v) is 8.59. The van der Waals surface area contributed by atoms with Gasteiger partial charge in [0.15, 0.2) is 11.5 Å². The molecule has 0 saturated heterocycles. The maximum absolute atomic E-state index is 12.1. The molecule has 0 aliphatic carbocycles. The molecule has 0 aliphatic rings. The minimum Gasteiger partial charge on any atom is -0.493 e. The highest BCUT2D eigenvalue weighted by atomic mass is 16.5. The summed E-state index contributed by atoms with van der Waals surface area (Å²) in [4.78, 5) is 13.3. The van der Waals surface area contributed by atoms with Gasteiger partial charge in [0.1, 0.15) is 6.54 Å². The molecule has 1 heterocycles. The standard InChI is InChI=1S/C19H20N6O4/c1-27-15-9-13(10-16(28-2)18(15)29-3)11-20-21-17(26)12-25-23-19(22-24-25)14-7-5-4-6-8-14/h4-11H,12H2,1-3H3,(H,21,26). The van der Waals surface area contributed by atoms with E-state index in [0.29, 0.717) is 28.6 Å². The highest BCUT2D eigenvalue weighted by Gasteiger charge is 2.12. The van der Waals surface area contributed by atoms with Crippen molar-refractivity contribution in [3.8, 4) is 28.6 Å². The quantitative estimate of drug-likeness (QED) is 0.454. The third-order valence-electron chi connectivity index (χ3n) is 3.86. The Morgan fingerprint density at radius 1 is 1.10 bits per heavy atom. The summed E-state index contributed by atoms with van der Waals surface area (Å²) in [5.74, 6) is 1.49. The number of benzene rings is 2. The van der Waals surface area contributed by atoms with Crippen LogP contribution in [-0.4, -0.2) is 53.7 Å². The van der Waals surface area contributed by atoms with Gasteiger partial charge in [-0.05, 0) is 17.3 Å². The lowest BCUT2D eigenvalue weighted by Gasteiger charge is -2.12. The second-order valence-corrected chi connectivity index (χ2v) is 5.76. The Morgan fingerprint density at radius 3 is 2.41 bits per heavy atom. The van der Waals surface area contributed by atoms with Gasteiger partial charge in [-0.3, -0.25) is 4.79 Å². The van der Waals surface area contributed by atoms with E-state index in [1.807, 2.05) is 30.3 Å². The normalized spacial score (nSPS) is 10.7. The predicted molar refractivity (Wildman–Crippen MR) is 105 cm³/mol. The maximum atomic E-state index is 12.1. The first-order chi connectivity index (χ1) is 14.1. The minimum absolute atomic E-state index is 0.119. The van der Waals surface area contributed by atoms with E-state index in [9.17, 15) is 4.79 Å². The van der Waals surface area contributed by atoms with Crippen LogP contribution in [0.15, 0.2) is 47.6 Å². The number of carbonyl (C=O) groups excluding carboxylic acids is 1. The van der Waals surface area contributed by atoms with Gasteiger partial charge in [0, 0.05) is 11.1 Å². The first kappa shape index (κ1) is 19.8. The third kappa shape index (κ3) is 4.86. The van der Waals surface area contributed by atoms with Crippen LogP contribution in [0.3, 0.4) is 0 Å². The molecule has 0 unspecified atom stereocenters. The number of hydrogen-bond acceptors (Lipinski definition) is 8. The van der Waals surface area contributed by atoms with E-state index in [0.717, 1.165) is 5.56 Å². The molecule has 150 valence electrons. The highest BCUT2D eigenvalue weighted by molar-refractivity contribution is 5.84. The summed E-state index contributed by atoms with van der Waals surface area (Å²) >= 11 is 0. The number of amides is 1. The molecule has 3 rings (SSSR count). The molecule has 1 N–H and O–H groups in total. The summed E-state index contributed by atoms with van der Waals surface area (Å²) in [7, 11) is 4.57. The number of rotatable bonds is 8. The average molecular weight is 396 g/mol. The molecule has 0 saturated carbocycles. The zero-order valence-electron chi connectivity index (χ0n) is 16.2. The number of aromatic nitrogens is 4. The Bertz CT molecular complexity index is 978. The van der Waals surface area contributed by atoms with Crippen LogP contribution < -0.4 is 19.6 Å². The van der Waals surface area contributed by atoms with Crippen molar-refractivity contribution in [2.24, 2.45) is 5.10 Å². The summed E-state index contributed by atoms with van der Waals surface area (Å²) < 4.78 is 15.8. The van der Waals surface area contributed by atoms with Gasteiger partial charge in [-0.2, -0.15) is 9.90 Å². The first-order valence-electron chi connectivity index (χ1n) is 8.59. The maximum Gasteiger partial charge on any atom is 0.263 e. The minimum atomic E-state index is -0.397. The van der Waals surface area contributed by atoms with Gasteiger partial charge in [-0.15, -0.1) is 10.2 Å². The lowest BCUT2D eigenvalue weighted by Crippen LogP contribution is -2.24. The van der Waals surface area contributed by atoms with Gasteiger partial charge in [-0.1, -0.05) is 30.3 Å². The van der Waals surface area contributed by atoms with E-state index in [2.05, 4.69) is 25.9 Å². The SMILES string of the molecule is COc1cc(C=NNC(=O)Cn2nnc(-c3ccccc3)n2)cc(OC)c1OC. The van der Waals surface area contributed by atoms with Crippen LogP contribution in [0.5, 0.6) is 17.2 Å². The average Bonchev–Trinajstić information content (AvgIpc) is 3.21. The van der Waals surface area contributed by atoms with Crippen molar-refractivity contribution in [1.29, 1.82) is 0 Å². The number of nitrogens with zero attached hydrogens (tertiary/aromatic N) is 5. The Labute approximate surface area is 167 Å². The van der Waals surface area contributed by atoms with Gasteiger partial charge in [0.25, 0.3) is 5.91 Å². The van der Waals surface area contributed by atoms with Crippen molar-refractivity contribution in [2.75, 3.05) is 21.3 Å². The molecule has 3 aromatic rings. The molecule has 1 aromatic heterocycles. The third-order valence-corrected chi connectivity index (χ3v) is 3.86. The topological polar surface area (TPSA) is 113 Å². The summed E-state index contributed by atoms with van der Waals surface area (Å²) in [5.41, 5.74) is 3.90. The lowest BCUT2D eigenvalue weighted by molar-refractivity contribution is -0.122. The number of hydrazone groups is 1. The van der Waals surface area contributed by atoms with Crippen molar-refractivity contribution in [2.45, 2.75) is 6.54 Å². The Balaban J connectivity index is 1.62. The fraction of sp³-hybridized carbons (Fsp3) is 0.211. The predicted octanol–water partition coefficient (Wildman–Crippen LogP) is 1.52. The van der Waals surface area contributed by atoms with Crippen molar-refractivity contribution < 1.29 is 19.0 Å². The fourth-order valence-electron chi connectivity index (χ4n) is 2.53. The molecule has 0 spiro atoms. The van der Waals surface area contributed by atoms with Gasteiger partial charge in [-0.25, -0.2) is 5.43 Å². The Kier molecular flexibility index (Phi) is 6.36. The van der Waals surface area contributed by atoms with Crippen LogP contribution >= 0.6 is 0 Å². The summed E-state index contributed by atoms with van der Waals surface area (Å²) in [6.07, 6.45) is 1.46. The number of tetrazole rings is 1. The molecular weight excluding hydrogens is 376 g/mol. The molecule has 10 heteroatoms. The largest absolute Gasteiger partial charge is 0.493 e. The van der Waals surface area contributed by atoms with E-state index < -0.39 is 5.91 Å². The summed E-state index contributed by atoms with van der Waals surface area (Å²) in [6.45, 7) is -0.119. The number of nitrogens with one attached hydrogen (secondary N) is 1. The number of ether oxygens (including phenoxy) is 3. The summed E-state index contributed by atoms with van der Waals surface area (Å²) in [6, 6.07) is 12.8. The number of methoxy groups -OCH3 is 3. The molecule has 0 fully saturated rings. The van der Waals surface area contributed by atoms with Crippen LogP contribution in [0.4, 0.5) is 0 Å². The smallest absolute Gasteiger partial charge is 0.263 e. The van der Waals surface area contributed by atoms with Gasteiger partial charge in [0.2, 0.25) is 11.6 Å². The van der Waals surface area contributed by atoms with E-state index in [1.165, 1.54) is 32.3 Å². The molecule has 29 heavy (non-hydrogen) atoms. The lowest BCUT2D eigenvalue weighted by atomic mass is 10.2. The van der Waals surface area contributed by atoms with Crippen molar-refractivity contribution in [1.82, 2.24) is 25.6 Å². The second-order valence-electron chi connectivity index (χ2n) is 5.76. The van der Waals surface area contributed by atoms with E-state index in [1.54, 1.807) is 12.1 Å². The second kappa shape index (κ2) is 9.31. The fourth-order valence-corrected chi connectivity index (χ4v) is 2.53. The Hall–Kier alpha value is -3.95. The molecule has 2 aromatic carbocycles.